The number of nitrogens with one attached hydrogen (secondary N) is 1. The Morgan fingerprint density at radius 1 is 1.15 bits per heavy atom. The van der Waals surface area contributed by atoms with E-state index in [1.54, 1.807) is 24.1 Å². The van der Waals surface area contributed by atoms with E-state index < -0.39 is 5.72 Å². The molecule has 0 unspecified atom stereocenters. The van der Waals surface area contributed by atoms with Gasteiger partial charge in [0, 0.05) is 33.1 Å². The van der Waals surface area contributed by atoms with Gasteiger partial charge in [0.1, 0.15) is 0 Å². The zero-order valence-corrected chi connectivity index (χ0v) is 18.5. The minimum atomic E-state index is -1.22. The second-order valence-electron chi connectivity index (χ2n) is 6.32. The number of anilines is 2. The van der Waals surface area contributed by atoms with Crippen molar-refractivity contribution in [2.24, 2.45) is 0 Å². The topological polar surface area (TPSA) is 58.6 Å². The molecule has 0 saturated heterocycles. The highest BCUT2D eigenvalue weighted by atomic mass is 79.9. The molecule has 0 radical (unpaired) electrons. The molecular formula is C20H20Br2N2O3. The molecule has 0 aromatic heterocycles. The van der Waals surface area contributed by atoms with Crippen LogP contribution in [-0.2, 0) is 4.74 Å². The van der Waals surface area contributed by atoms with Crippen molar-refractivity contribution < 1.29 is 14.3 Å². The first-order valence-corrected chi connectivity index (χ1v) is 10.3. The van der Waals surface area contributed by atoms with E-state index >= 15 is 0 Å². The zero-order valence-electron chi connectivity index (χ0n) is 15.3. The molecule has 2 aromatic carbocycles. The van der Waals surface area contributed by atoms with Crippen LogP contribution in [-0.4, -0.2) is 23.9 Å². The number of carbonyl (C=O) groups excluding carboxylic acids is 2. The Labute approximate surface area is 175 Å². The maximum Gasteiger partial charge on any atom is 0.220 e. The lowest BCUT2D eigenvalue weighted by atomic mass is 10.1. The van der Waals surface area contributed by atoms with Gasteiger partial charge in [-0.3, -0.25) is 15.0 Å². The molecule has 142 valence electrons. The number of hydrogen-bond donors (Lipinski definition) is 1. The Balaban J connectivity index is 2.12. The molecule has 1 aliphatic rings. The second kappa shape index (κ2) is 7.73. The predicted molar refractivity (Wildman–Crippen MR) is 113 cm³/mol. The Kier molecular flexibility index (Phi) is 5.74. The van der Waals surface area contributed by atoms with Crippen molar-refractivity contribution in [3.05, 3.63) is 56.5 Å². The molecule has 7 heteroatoms. The van der Waals surface area contributed by atoms with E-state index in [1.807, 2.05) is 38.1 Å². The van der Waals surface area contributed by atoms with Crippen LogP contribution in [0.2, 0.25) is 0 Å². The van der Waals surface area contributed by atoms with Crippen LogP contribution in [0.15, 0.2) is 45.3 Å². The van der Waals surface area contributed by atoms with Gasteiger partial charge in [-0.05, 0) is 50.2 Å². The van der Waals surface area contributed by atoms with E-state index in [0.29, 0.717) is 35.5 Å². The number of Topliss-reactive ketones (excluding diaryl/α,β-unsaturated/α-hetero) is 2. The second-order valence-corrected chi connectivity index (χ2v) is 8.15. The summed E-state index contributed by atoms with van der Waals surface area (Å²) in [5.74, 6) is -0.110. The summed E-state index contributed by atoms with van der Waals surface area (Å²) < 4.78 is 7.55. The molecule has 0 aliphatic carbocycles. The third kappa shape index (κ3) is 3.56. The number of nitrogens with zero attached hydrogens (tertiary/aromatic N) is 1. The summed E-state index contributed by atoms with van der Waals surface area (Å²) in [4.78, 5) is 25.5. The number of fused-ring (bicyclic) bond motifs is 1. The van der Waals surface area contributed by atoms with Crippen LogP contribution in [0, 0.1) is 0 Å². The molecule has 0 spiro atoms. The highest BCUT2D eigenvalue weighted by Gasteiger charge is 2.49. The van der Waals surface area contributed by atoms with Crippen molar-refractivity contribution in [2.45, 2.75) is 32.9 Å². The molecule has 1 aliphatic heterocycles. The number of benzene rings is 2. The van der Waals surface area contributed by atoms with E-state index in [9.17, 15) is 9.59 Å². The average molecular weight is 496 g/mol. The molecule has 0 fully saturated rings. The summed E-state index contributed by atoms with van der Waals surface area (Å²) >= 11 is 6.92. The van der Waals surface area contributed by atoms with Gasteiger partial charge in [-0.2, -0.15) is 0 Å². The van der Waals surface area contributed by atoms with Gasteiger partial charge < -0.3 is 4.74 Å². The van der Waals surface area contributed by atoms with E-state index in [2.05, 4.69) is 37.3 Å². The fraction of sp³-hybridized carbons (Fsp3) is 0.300. The van der Waals surface area contributed by atoms with Crippen molar-refractivity contribution in [3.8, 4) is 0 Å². The summed E-state index contributed by atoms with van der Waals surface area (Å²) in [7, 11) is 0. The zero-order chi connectivity index (χ0) is 19.8. The molecule has 1 heterocycles. The number of halogens is 2. The summed E-state index contributed by atoms with van der Waals surface area (Å²) in [5.41, 5.74) is 4.50. The van der Waals surface area contributed by atoms with Crippen molar-refractivity contribution in [3.63, 3.8) is 0 Å². The number of ketones is 2. The normalized spacial score (nSPS) is 18.6. The first-order chi connectivity index (χ1) is 12.8. The van der Waals surface area contributed by atoms with Crippen LogP contribution in [0.4, 0.5) is 11.4 Å². The largest absolute Gasteiger partial charge is 0.347 e. The smallest absolute Gasteiger partial charge is 0.220 e. The van der Waals surface area contributed by atoms with Crippen molar-refractivity contribution in [2.75, 3.05) is 17.0 Å². The summed E-state index contributed by atoms with van der Waals surface area (Å²) in [6, 6.07) is 10.9. The van der Waals surface area contributed by atoms with Crippen LogP contribution in [0.3, 0.4) is 0 Å². The monoisotopic (exact) mass is 494 g/mol. The number of rotatable bonds is 6. The van der Waals surface area contributed by atoms with Gasteiger partial charge in [-0.15, -0.1) is 0 Å². The van der Waals surface area contributed by atoms with E-state index in [0.717, 1.165) is 8.95 Å². The molecule has 27 heavy (non-hydrogen) atoms. The van der Waals surface area contributed by atoms with Gasteiger partial charge in [0.05, 0.1) is 11.4 Å². The summed E-state index contributed by atoms with van der Waals surface area (Å²) in [5, 5.41) is 1.70. The van der Waals surface area contributed by atoms with E-state index in [1.165, 1.54) is 0 Å². The number of carbonyl (C=O) groups is 2. The van der Waals surface area contributed by atoms with Crippen LogP contribution >= 0.6 is 31.9 Å². The Morgan fingerprint density at radius 3 is 2.48 bits per heavy atom. The first-order valence-electron chi connectivity index (χ1n) is 8.69. The average Bonchev–Trinajstić information content (AvgIpc) is 2.83. The van der Waals surface area contributed by atoms with Crippen LogP contribution in [0.1, 0.15) is 47.9 Å². The lowest BCUT2D eigenvalue weighted by molar-refractivity contribution is -0.00443. The standard InChI is InChI=1S/C20H20Br2N2O3/c1-4-18(25)14-8-6-12(21)10-16(14)23-24-17-11-13(22)7-9-15(17)19(26)20(24,3)27-5-2/h6-11,23H,4-5H2,1-3H3/t20-/m0/s1. The number of hydrogen-bond acceptors (Lipinski definition) is 5. The van der Waals surface area contributed by atoms with E-state index in [-0.39, 0.29) is 11.6 Å². The lowest BCUT2D eigenvalue weighted by Crippen LogP contribution is -2.53. The number of hydrazine groups is 1. The Hall–Kier alpha value is -1.70. The molecule has 0 saturated carbocycles. The molecule has 3 rings (SSSR count). The Morgan fingerprint density at radius 2 is 1.81 bits per heavy atom. The molecule has 0 bridgehead atoms. The number of ether oxygens (including phenoxy) is 1. The van der Waals surface area contributed by atoms with Gasteiger partial charge in [0.15, 0.2) is 5.78 Å². The maximum atomic E-state index is 13.1. The molecule has 5 nitrogen and oxygen atoms in total. The van der Waals surface area contributed by atoms with Gasteiger partial charge in [0.2, 0.25) is 11.5 Å². The third-order valence-corrected chi connectivity index (χ3v) is 5.54. The molecule has 1 atom stereocenters. The fourth-order valence-electron chi connectivity index (χ4n) is 3.20. The minimum absolute atomic E-state index is 0.0168. The highest BCUT2D eigenvalue weighted by molar-refractivity contribution is 9.10. The van der Waals surface area contributed by atoms with Crippen molar-refractivity contribution >= 4 is 54.8 Å². The SMILES string of the molecule is CCO[C@@]1(C)C(=O)c2ccc(Br)cc2N1Nc1cc(Br)ccc1C(=O)CC. The maximum absolute atomic E-state index is 13.1. The summed E-state index contributed by atoms with van der Waals surface area (Å²) in [6.07, 6.45) is 0.389. The van der Waals surface area contributed by atoms with Crippen molar-refractivity contribution in [1.82, 2.24) is 0 Å². The third-order valence-electron chi connectivity index (χ3n) is 4.55. The predicted octanol–water partition coefficient (Wildman–Crippen LogP) is 5.59. The van der Waals surface area contributed by atoms with Gasteiger partial charge in [-0.25, -0.2) is 5.01 Å². The summed E-state index contributed by atoms with van der Waals surface area (Å²) in [6.45, 7) is 5.78. The molecular weight excluding hydrogens is 476 g/mol. The van der Waals surface area contributed by atoms with Crippen molar-refractivity contribution in [1.29, 1.82) is 0 Å². The van der Waals surface area contributed by atoms with Crippen LogP contribution < -0.4 is 10.4 Å². The molecule has 1 N–H and O–H groups in total. The van der Waals surface area contributed by atoms with Gasteiger partial charge in [-0.1, -0.05) is 38.8 Å². The Bertz CT molecular complexity index is 916. The highest BCUT2D eigenvalue weighted by Crippen LogP contribution is 2.41. The van der Waals surface area contributed by atoms with Crippen LogP contribution in [0.25, 0.3) is 0 Å². The van der Waals surface area contributed by atoms with Gasteiger partial charge >= 0.3 is 0 Å². The minimum Gasteiger partial charge on any atom is -0.347 e. The van der Waals surface area contributed by atoms with Crippen LogP contribution in [0.5, 0.6) is 0 Å². The molecule has 2 aromatic rings. The van der Waals surface area contributed by atoms with E-state index in [4.69, 9.17) is 4.74 Å². The first kappa shape index (κ1) is 20.0. The lowest BCUT2D eigenvalue weighted by Gasteiger charge is -2.36. The van der Waals surface area contributed by atoms with Gasteiger partial charge in [0.25, 0.3) is 0 Å². The fourth-order valence-corrected chi connectivity index (χ4v) is 3.91. The molecule has 0 amide bonds. The quantitative estimate of drug-likeness (QED) is 0.529.